The average Bonchev–Trinajstić information content (AvgIpc) is 2.49. The Labute approximate surface area is 136 Å². The standard InChI is InChI=1S/C13H10ClFN4O3S/c1-22-10-5-11(14)18-19-12(10)13(23(17,20)21)8-4-7(6-16)2-3-9(8)15/h2-5,13H,1H3,(H2,17,20,21). The zero-order valence-corrected chi connectivity index (χ0v) is 13.3. The zero-order chi connectivity index (χ0) is 17.2. The van der Waals surface area contributed by atoms with E-state index >= 15 is 0 Å². The van der Waals surface area contributed by atoms with Gasteiger partial charge in [0.25, 0.3) is 0 Å². The van der Waals surface area contributed by atoms with Crippen molar-refractivity contribution in [3.05, 3.63) is 52.1 Å². The number of nitrogens with two attached hydrogens (primary N) is 1. The van der Waals surface area contributed by atoms with Gasteiger partial charge < -0.3 is 4.74 Å². The van der Waals surface area contributed by atoms with E-state index in [-0.39, 0.29) is 27.7 Å². The van der Waals surface area contributed by atoms with E-state index in [0.717, 1.165) is 12.1 Å². The molecule has 7 nitrogen and oxygen atoms in total. The lowest BCUT2D eigenvalue weighted by atomic mass is 10.0. The number of ether oxygens (including phenoxy) is 1. The molecule has 0 aliphatic rings. The minimum absolute atomic E-state index is 0.0224. The van der Waals surface area contributed by atoms with Crippen molar-refractivity contribution in [2.75, 3.05) is 7.11 Å². The van der Waals surface area contributed by atoms with Gasteiger partial charge in [0, 0.05) is 11.6 Å². The Morgan fingerprint density at radius 3 is 2.65 bits per heavy atom. The first-order chi connectivity index (χ1) is 10.8. The van der Waals surface area contributed by atoms with Gasteiger partial charge >= 0.3 is 0 Å². The second kappa shape index (κ2) is 6.45. The van der Waals surface area contributed by atoms with Gasteiger partial charge in [0.05, 0.1) is 18.7 Å². The third-order valence-corrected chi connectivity index (χ3v) is 4.28. The van der Waals surface area contributed by atoms with Gasteiger partial charge in [0.15, 0.2) is 10.4 Å². The molecule has 2 N–H and O–H groups in total. The van der Waals surface area contributed by atoms with Crippen LogP contribution in [0.3, 0.4) is 0 Å². The van der Waals surface area contributed by atoms with Gasteiger partial charge in [0.2, 0.25) is 10.0 Å². The molecule has 120 valence electrons. The molecule has 1 unspecified atom stereocenters. The number of primary sulfonamides is 1. The van der Waals surface area contributed by atoms with E-state index < -0.39 is 21.1 Å². The van der Waals surface area contributed by atoms with E-state index in [0.29, 0.717) is 0 Å². The lowest BCUT2D eigenvalue weighted by Gasteiger charge is -2.17. The summed E-state index contributed by atoms with van der Waals surface area (Å²) in [4.78, 5) is 0. The number of methoxy groups -OCH3 is 1. The van der Waals surface area contributed by atoms with Crippen LogP contribution in [0.2, 0.25) is 5.15 Å². The Morgan fingerprint density at radius 2 is 2.09 bits per heavy atom. The second-order valence-corrected chi connectivity index (χ2v) is 6.47. The molecule has 0 aliphatic carbocycles. The molecule has 0 fully saturated rings. The summed E-state index contributed by atoms with van der Waals surface area (Å²) in [6.45, 7) is 0. The molecular weight excluding hydrogens is 347 g/mol. The molecule has 0 saturated carbocycles. The minimum atomic E-state index is -4.34. The average molecular weight is 357 g/mol. The summed E-state index contributed by atoms with van der Waals surface area (Å²) in [7, 11) is -3.08. The van der Waals surface area contributed by atoms with Crippen molar-refractivity contribution in [2.24, 2.45) is 5.14 Å². The largest absolute Gasteiger partial charge is 0.495 e. The Morgan fingerprint density at radius 1 is 1.39 bits per heavy atom. The third kappa shape index (κ3) is 3.56. The number of benzene rings is 1. The molecule has 2 aromatic rings. The molecular formula is C13H10ClFN4O3S. The highest BCUT2D eigenvalue weighted by atomic mass is 35.5. The number of nitrogens with zero attached hydrogens (tertiary/aromatic N) is 3. The number of hydrogen-bond acceptors (Lipinski definition) is 6. The summed E-state index contributed by atoms with van der Waals surface area (Å²) in [6.07, 6.45) is 0. The molecule has 0 spiro atoms. The topological polar surface area (TPSA) is 119 Å². The van der Waals surface area contributed by atoms with E-state index in [1.807, 2.05) is 0 Å². The predicted octanol–water partition coefficient (Wildman–Crippen LogP) is 1.53. The van der Waals surface area contributed by atoms with Gasteiger partial charge in [-0.15, -0.1) is 10.2 Å². The van der Waals surface area contributed by atoms with Gasteiger partial charge in [-0.1, -0.05) is 11.6 Å². The number of rotatable bonds is 4. The molecule has 2 rings (SSSR count). The van der Waals surface area contributed by atoms with Gasteiger partial charge in [-0.3, -0.25) is 0 Å². The van der Waals surface area contributed by atoms with Crippen LogP contribution in [0, 0.1) is 17.1 Å². The van der Waals surface area contributed by atoms with Gasteiger partial charge in [0.1, 0.15) is 17.3 Å². The van der Waals surface area contributed by atoms with Crippen LogP contribution in [0.5, 0.6) is 5.75 Å². The van der Waals surface area contributed by atoms with E-state index in [9.17, 15) is 12.8 Å². The number of sulfonamides is 1. The van der Waals surface area contributed by atoms with Crippen molar-refractivity contribution in [1.29, 1.82) is 5.26 Å². The van der Waals surface area contributed by atoms with E-state index in [1.54, 1.807) is 6.07 Å². The predicted molar refractivity (Wildman–Crippen MR) is 79.7 cm³/mol. The van der Waals surface area contributed by atoms with Crippen molar-refractivity contribution in [3.63, 3.8) is 0 Å². The number of aromatic nitrogens is 2. The molecule has 0 radical (unpaired) electrons. The van der Waals surface area contributed by atoms with Crippen LogP contribution < -0.4 is 9.88 Å². The fraction of sp³-hybridized carbons (Fsp3) is 0.154. The van der Waals surface area contributed by atoms with Crippen LogP contribution in [0.15, 0.2) is 24.3 Å². The van der Waals surface area contributed by atoms with Crippen molar-refractivity contribution < 1.29 is 17.5 Å². The lowest BCUT2D eigenvalue weighted by Crippen LogP contribution is -2.25. The summed E-state index contributed by atoms with van der Waals surface area (Å²) in [5.74, 6) is -0.882. The highest BCUT2D eigenvalue weighted by Gasteiger charge is 2.33. The smallest absolute Gasteiger partial charge is 0.222 e. The summed E-state index contributed by atoms with van der Waals surface area (Å²) >= 11 is 5.69. The SMILES string of the molecule is COc1cc(Cl)nnc1C(c1cc(C#N)ccc1F)S(N)(=O)=O. The fourth-order valence-corrected chi connectivity index (χ4v) is 3.15. The number of nitriles is 1. The van der Waals surface area contributed by atoms with Crippen molar-refractivity contribution in [1.82, 2.24) is 10.2 Å². The first kappa shape index (κ1) is 17.1. The Bertz CT molecular complexity index is 899. The van der Waals surface area contributed by atoms with Crippen LogP contribution in [0.25, 0.3) is 0 Å². The molecule has 0 bridgehead atoms. The fourth-order valence-electron chi connectivity index (χ4n) is 2.00. The highest BCUT2D eigenvalue weighted by molar-refractivity contribution is 7.89. The zero-order valence-electron chi connectivity index (χ0n) is 11.7. The molecule has 1 aromatic carbocycles. The van der Waals surface area contributed by atoms with Gasteiger partial charge in [-0.05, 0) is 18.2 Å². The lowest BCUT2D eigenvalue weighted by molar-refractivity contribution is 0.404. The second-order valence-electron chi connectivity index (χ2n) is 4.44. The van der Waals surface area contributed by atoms with Gasteiger partial charge in [-0.2, -0.15) is 5.26 Å². The van der Waals surface area contributed by atoms with E-state index in [4.69, 9.17) is 26.7 Å². The van der Waals surface area contributed by atoms with Crippen LogP contribution in [-0.4, -0.2) is 25.7 Å². The van der Waals surface area contributed by atoms with Crippen LogP contribution >= 0.6 is 11.6 Å². The normalized spacial score (nSPS) is 12.5. The summed E-state index contributed by atoms with van der Waals surface area (Å²) < 4.78 is 43.2. The Hall–Kier alpha value is -2.28. The van der Waals surface area contributed by atoms with E-state index in [2.05, 4.69) is 10.2 Å². The Balaban J connectivity index is 2.78. The number of hydrogen-bond donors (Lipinski definition) is 1. The minimum Gasteiger partial charge on any atom is -0.495 e. The highest BCUT2D eigenvalue weighted by Crippen LogP contribution is 2.35. The summed E-state index contributed by atoms with van der Waals surface area (Å²) in [5, 5.41) is 19.6. The summed E-state index contributed by atoms with van der Waals surface area (Å²) in [6, 6.07) is 6.30. The first-order valence-electron chi connectivity index (χ1n) is 6.06. The molecule has 0 amide bonds. The molecule has 0 aliphatic heterocycles. The van der Waals surface area contributed by atoms with Crippen LogP contribution in [-0.2, 0) is 10.0 Å². The maximum absolute atomic E-state index is 14.1. The van der Waals surface area contributed by atoms with E-state index in [1.165, 1.54) is 19.2 Å². The molecule has 23 heavy (non-hydrogen) atoms. The molecule has 10 heteroatoms. The van der Waals surface area contributed by atoms with Crippen molar-refractivity contribution in [2.45, 2.75) is 5.25 Å². The molecule has 1 atom stereocenters. The molecule has 0 saturated heterocycles. The van der Waals surface area contributed by atoms with Gasteiger partial charge in [-0.25, -0.2) is 17.9 Å². The van der Waals surface area contributed by atoms with Crippen LogP contribution in [0.1, 0.15) is 22.1 Å². The number of halogens is 2. The van der Waals surface area contributed by atoms with Crippen molar-refractivity contribution >= 4 is 21.6 Å². The molecule has 1 heterocycles. The molecule has 1 aromatic heterocycles. The third-order valence-electron chi connectivity index (χ3n) is 2.96. The van der Waals surface area contributed by atoms with Crippen molar-refractivity contribution in [3.8, 4) is 11.8 Å². The maximum Gasteiger partial charge on any atom is 0.222 e. The monoisotopic (exact) mass is 356 g/mol. The maximum atomic E-state index is 14.1. The quantitative estimate of drug-likeness (QED) is 0.887. The van der Waals surface area contributed by atoms with Crippen LogP contribution in [0.4, 0.5) is 4.39 Å². The summed E-state index contributed by atoms with van der Waals surface area (Å²) in [5.41, 5.74) is -0.495. The first-order valence-corrected chi connectivity index (χ1v) is 8.05. The Kier molecular flexibility index (Phi) is 4.79.